The topological polar surface area (TPSA) is 42.2 Å². The normalized spacial score (nSPS) is 19.9. The average molecular weight is 293 g/mol. The van der Waals surface area contributed by atoms with Crippen molar-refractivity contribution in [2.45, 2.75) is 32.2 Å². The monoisotopic (exact) mass is 293 g/mol. The minimum absolute atomic E-state index is 0.125. The summed E-state index contributed by atoms with van der Waals surface area (Å²) < 4.78 is 32.9. The molecule has 0 radical (unpaired) electrons. The predicted molar refractivity (Wildman–Crippen MR) is 72.6 cm³/mol. The van der Waals surface area contributed by atoms with Gasteiger partial charge in [0.25, 0.3) is 0 Å². The molecule has 112 valence electrons. The average Bonchev–Trinajstić information content (AvgIpc) is 2.90. The second-order valence-electron chi connectivity index (χ2n) is 5.43. The Morgan fingerprint density at radius 1 is 1.29 bits per heavy atom. The van der Waals surface area contributed by atoms with Crippen LogP contribution in [0.15, 0.2) is 22.6 Å². The van der Waals surface area contributed by atoms with Gasteiger partial charge < -0.3 is 4.42 Å². The van der Waals surface area contributed by atoms with Gasteiger partial charge in [0.2, 0.25) is 11.8 Å². The van der Waals surface area contributed by atoms with Crippen LogP contribution in [0.5, 0.6) is 0 Å². The highest BCUT2D eigenvalue weighted by Crippen LogP contribution is 2.27. The maximum atomic E-state index is 13.7. The Balaban J connectivity index is 1.72. The van der Waals surface area contributed by atoms with E-state index in [4.69, 9.17) is 4.42 Å². The summed E-state index contributed by atoms with van der Waals surface area (Å²) in [7, 11) is 0. The van der Waals surface area contributed by atoms with E-state index in [1.807, 2.05) is 4.90 Å². The molecule has 1 aliphatic heterocycles. The highest BCUT2D eigenvalue weighted by Gasteiger charge is 2.26. The number of aryl methyl sites for hydroxylation is 1. The Labute approximate surface area is 121 Å². The van der Waals surface area contributed by atoms with Crippen molar-refractivity contribution in [3.8, 4) is 0 Å². The molecule has 4 nitrogen and oxygen atoms in total. The summed E-state index contributed by atoms with van der Waals surface area (Å²) in [4.78, 5) is 2.04. The van der Waals surface area contributed by atoms with E-state index in [0.29, 0.717) is 18.3 Å². The Kier molecular flexibility index (Phi) is 3.96. The van der Waals surface area contributed by atoms with Gasteiger partial charge in [-0.15, -0.1) is 10.2 Å². The Hall–Kier alpha value is -1.82. The third-order valence-corrected chi connectivity index (χ3v) is 3.84. The molecule has 0 amide bonds. The Morgan fingerprint density at radius 2 is 2.05 bits per heavy atom. The van der Waals surface area contributed by atoms with Gasteiger partial charge in [0.15, 0.2) is 0 Å². The van der Waals surface area contributed by atoms with Crippen molar-refractivity contribution in [3.63, 3.8) is 0 Å². The van der Waals surface area contributed by atoms with E-state index in [1.54, 1.807) is 6.92 Å². The number of rotatable bonds is 3. The minimum Gasteiger partial charge on any atom is -0.425 e. The maximum Gasteiger partial charge on any atom is 0.220 e. The highest BCUT2D eigenvalue weighted by molar-refractivity contribution is 5.19. The SMILES string of the molecule is Cc1nnc(C2CCCN(Cc3c(F)cccc3F)C2)o1. The van der Waals surface area contributed by atoms with Crippen LogP contribution in [0.25, 0.3) is 0 Å². The zero-order valence-corrected chi connectivity index (χ0v) is 11.9. The lowest BCUT2D eigenvalue weighted by Gasteiger charge is -2.31. The first-order valence-electron chi connectivity index (χ1n) is 7.08. The van der Waals surface area contributed by atoms with Crippen molar-refractivity contribution in [2.24, 2.45) is 0 Å². The minimum atomic E-state index is -0.495. The molecule has 1 atom stereocenters. The quantitative estimate of drug-likeness (QED) is 0.872. The van der Waals surface area contributed by atoms with Gasteiger partial charge in [0.1, 0.15) is 11.6 Å². The third kappa shape index (κ3) is 3.10. The van der Waals surface area contributed by atoms with Crippen LogP contribution >= 0.6 is 0 Å². The van der Waals surface area contributed by atoms with E-state index in [9.17, 15) is 8.78 Å². The molecule has 0 saturated carbocycles. The molecule has 1 unspecified atom stereocenters. The van der Waals surface area contributed by atoms with E-state index in [0.717, 1.165) is 19.4 Å². The Morgan fingerprint density at radius 3 is 2.71 bits per heavy atom. The number of hydrogen-bond acceptors (Lipinski definition) is 4. The Bertz CT molecular complexity index is 609. The number of halogens is 2. The van der Waals surface area contributed by atoms with Crippen molar-refractivity contribution < 1.29 is 13.2 Å². The molecule has 0 aliphatic carbocycles. The van der Waals surface area contributed by atoms with Gasteiger partial charge in [0.05, 0.1) is 5.92 Å². The molecule has 21 heavy (non-hydrogen) atoms. The van der Waals surface area contributed by atoms with Gasteiger partial charge in [-0.3, -0.25) is 4.90 Å². The molecule has 0 bridgehead atoms. The van der Waals surface area contributed by atoms with E-state index >= 15 is 0 Å². The molecule has 1 aromatic heterocycles. The van der Waals surface area contributed by atoms with Crippen LogP contribution < -0.4 is 0 Å². The maximum absolute atomic E-state index is 13.7. The van der Waals surface area contributed by atoms with Gasteiger partial charge in [-0.05, 0) is 31.5 Å². The molecule has 2 aromatic rings. The second-order valence-corrected chi connectivity index (χ2v) is 5.43. The summed E-state index contributed by atoms with van der Waals surface area (Å²) >= 11 is 0. The fraction of sp³-hybridized carbons (Fsp3) is 0.467. The largest absolute Gasteiger partial charge is 0.425 e. The van der Waals surface area contributed by atoms with Crippen molar-refractivity contribution in [2.75, 3.05) is 13.1 Å². The summed E-state index contributed by atoms with van der Waals surface area (Å²) in [6.07, 6.45) is 1.90. The molecule has 1 aliphatic rings. The van der Waals surface area contributed by atoms with E-state index in [1.165, 1.54) is 18.2 Å². The van der Waals surface area contributed by atoms with Crippen LogP contribution in [0.4, 0.5) is 8.78 Å². The van der Waals surface area contributed by atoms with Gasteiger partial charge >= 0.3 is 0 Å². The molecule has 0 spiro atoms. The van der Waals surface area contributed by atoms with Crippen molar-refractivity contribution in [1.29, 1.82) is 0 Å². The second kappa shape index (κ2) is 5.89. The molecule has 3 rings (SSSR count). The van der Waals surface area contributed by atoms with E-state index < -0.39 is 11.6 Å². The number of benzene rings is 1. The van der Waals surface area contributed by atoms with Gasteiger partial charge in [0, 0.05) is 25.6 Å². The first-order valence-corrected chi connectivity index (χ1v) is 7.08. The smallest absolute Gasteiger partial charge is 0.220 e. The lowest BCUT2D eigenvalue weighted by molar-refractivity contribution is 0.181. The van der Waals surface area contributed by atoms with Crippen LogP contribution in [0.1, 0.15) is 36.1 Å². The van der Waals surface area contributed by atoms with E-state index in [2.05, 4.69) is 10.2 Å². The van der Waals surface area contributed by atoms with Gasteiger partial charge in [-0.2, -0.15) is 0 Å². The zero-order chi connectivity index (χ0) is 14.8. The predicted octanol–water partition coefficient (Wildman–Crippen LogP) is 3.04. The first-order chi connectivity index (χ1) is 10.1. The zero-order valence-electron chi connectivity index (χ0n) is 11.9. The third-order valence-electron chi connectivity index (χ3n) is 3.84. The summed E-state index contributed by atoms with van der Waals surface area (Å²) in [5, 5.41) is 7.90. The summed E-state index contributed by atoms with van der Waals surface area (Å²) in [6, 6.07) is 3.97. The molecule has 6 heteroatoms. The number of aromatic nitrogens is 2. The van der Waals surface area contributed by atoms with Gasteiger partial charge in [-0.1, -0.05) is 6.07 Å². The molecular formula is C15H17F2N3O. The van der Waals surface area contributed by atoms with Gasteiger partial charge in [-0.25, -0.2) is 8.78 Å². The van der Waals surface area contributed by atoms with E-state index in [-0.39, 0.29) is 18.0 Å². The van der Waals surface area contributed by atoms with Crippen LogP contribution in [-0.4, -0.2) is 28.2 Å². The fourth-order valence-electron chi connectivity index (χ4n) is 2.78. The molecule has 1 aromatic carbocycles. The molecule has 1 fully saturated rings. The van der Waals surface area contributed by atoms with Crippen molar-refractivity contribution in [1.82, 2.24) is 15.1 Å². The van der Waals surface area contributed by atoms with Crippen molar-refractivity contribution >= 4 is 0 Å². The van der Waals surface area contributed by atoms with Crippen LogP contribution in [-0.2, 0) is 6.54 Å². The molecule has 2 heterocycles. The summed E-state index contributed by atoms with van der Waals surface area (Å²) in [6.45, 7) is 3.51. The fourth-order valence-corrected chi connectivity index (χ4v) is 2.78. The number of nitrogens with zero attached hydrogens (tertiary/aromatic N) is 3. The highest BCUT2D eigenvalue weighted by atomic mass is 19.1. The standard InChI is InChI=1S/C15H17F2N3O/c1-10-18-19-15(21-10)11-4-3-7-20(8-11)9-12-13(16)5-2-6-14(12)17/h2,5-6,11H,3-4,7-9H2,1H3. The van der Waals surface area contributed by atoms with Crippen LogP contribution in [0, 0.1) is 18.6 Å². The lowest BCUT2D eigenvalue weighted by atomic mass is 9.97. The molecule has 1 saturated heterocycles. The summed E-state index contributed by atoms with van der Waals surface area (Å²) in [5.74, 6) is 0.305. The number of hydrogen-bond donors (Lipinski definition) is 0. The number of likely N-dealkylation sites (tertiary alicyclic amines) is 1. The summed E-state index contributed by atoms with van der Waals surface area (Å²) in [5.41, 5.74) is 0.125. The first kappa shape index (κ1) is 14.1. The van der Waals surface area contributed by atoms with Crippen LogP contribution in [0.3, 0.4) is 0 Å². The molecular weight excluding hydrogens is 276 g/mol. The number of piperidine rings is 1. The lowest BCUT2D eigenvalue weighted by Crippen LogP contribution is -2.34. The molecule has 0 N–H and O–H groups in total. The van der Waals surface area contributed by atoms with Crippen molar-refractivity contribution in [3.05, 3.63) is 47.2 Å². The van der Waals surface area contributed by atoms with Crippen LogP contribution in [0.2, 0.25) is 0 Å².